The molecule has 0 rings (SSSR count). The van der Waals surface area contributed by atoms with E-state index in [-0.39, 0.29) is 31.1 Å². The van der Waals surface area contributed by atoms with Crippen LogP contribution in [0, 0.1) is 0 Å². The number of hydrogen-bond acceptors (Lipinski definition) is 6. The zero-order valence-electron chi connectivity index (χ0n) is 54.0. The Morgan fingerprint density at radius 2 is 0.488 bits per heavy atom. The molecule has 0 N–H and O–H groups in total. The molecule has 6 nitrogen and oxygen atoms in total. The van der Waals surface area contributed by atoms with E-state index >= 15 is 0 Å². The molecule has 0 spiro atoms. The summed E-state index contributed by atoms with van der Waals surface area (Å²) in [4.78, 5) is 38.4. The van der Waals surface area contributed by atoms with Gasteiger partial charge in [0.1, 0.15) is 13.2 Å². The minimum absolute atomic E-state index is 0.0842. The van der Waals surface area contributed by atoms with Crippen molar-refractivity contribution in [3.63, 3.8) is 0 Å². The number of allylic oxidation sites excluding steroid dienone is 18. The number of rotatable bonds is 63. The number of esters is 3. The van der Waals surface area contributed by atoms with Gasteiger partial charge in [-0.05, 0) is 122 Å². The molecule has 0 aliphatic rings. The molecule has 0 aliphatic carbocycles. The smallest absolute Gasteiger partial charge is 0.306 e. The van der Waals surface area contributed by atoms with E-state index < -0.39 is 6.10 Å². The van der Waals surface area contributed by atoms with Crippen LogP contribution in [0.5, 0.6) is 0 Å². The molecule has 6 heteroatoms. The zero-order valence-corrected chi connectivity index (χ0v) is 54.0. The Hall–Kier alpha value is -3.93. The van der Waals surface area contributed by atoms with Gasteiger partial charge in [-0.25, -0.2) is 0 Å². The Morgan fingerprint density at radius 3 is 0.780 bits per heavy atom. The third kappa shape index (κ3) is 66.9. The topological polar surface area (TPSA) is 78.9 Å². The first kappa shape index (κ1) is 78.1. The van der Waals surface area contributed by atoms with Crippen molar-refractivity contribution in [1.82, 2.24) is 0 Å². The molecule has 0 saturated carbocycles. The van der Waals surface area contributed by atoms with Crippen molar-refractivity contribution in [3.8, 4) is 0 Å². The summed E-state index contributed by atoms with van der Waals surface area (Å²) in [5.74, 6) is -0.891. The first-order valence-corrected chi connectivity index (χ1v) is 34.9. The van der Waals surface area contributed by atoms with E-state index in [1.54, 1.807) is 0 Å². The van der Waals surface area contributed by atoms with E-state index in [1.165, 1.54) is 173 Å². The number of ether oxygens (including phenoxy) is 3. The van der Waals surface area contributed by atoms with E-state index in [2.05, 4.69) is 130 Å². The van der Waals surface area contributed by atoms with Crippen LogP contribution in [0.1, 0.15) is 335 Å². The molecule has 0 fully saturated rings. The fourth-order valence-electron chi connectivity index (χ4n) is 9.75. The van der Waals surface area contributed by atoms with Crippen molar-refractivity contribution in [3.05, 3.63) is 109 Å². The lowest BCUT2D eigenvalue weighted by molar-refractivity contribution is -0.167. The van der Waals surface area contributed by atoms with Gasteiger partial charge in [0.25, 0.3) is 0 Å². The quantitative estimate of drug-likeness (QED) is 0.0261. The van der Waals surface area contributed by atoms with Crippen molar-refractivity contribution in [2.24, 2.45) is 0 Å². The molecular weight excluding hydrogens is 1010 g/mol. The molecule has 0 bridgehead atoms. The highest BCUT2D eigenvalue weighted by molar-refractivity contribution is 5.71. The summed E-state index contributed by atoms with van der Waals surface area (Å²) in [6, 6.07) is 0. The Kier molecular flexibility index (Phi) is 66.2. The van der Waals surface area contributed by atoms with Crippen LogP contribution in [0.4, 0.5) is 0 Å². The highest BCUT2D eigenvalue weighted by Gasteiger charge is 2.19. The van der Waals surface area contributed by atoms with Gasteiger partial charge in [-0.1, -0.05) is 304 Å². The first-order chi connectivity index (χ1) is 40.5. The standard InChI is InChI=1S/C76H130O6/c1-4-7-10-13-16-19-22-25-28-30-32-34-36-37-38-39-41-42-44-46-48-51-54-57-60-63-66-69-75(78)81-72-73(71-80-74(77)68-65-62-59-56-53-50-27-24-21-18-15-12-9-6-3)82-76(79)70-67-64-61-58-55-52-49-47-45-43-40-35-33-31-29-26-23-20-17-14-11-8-5-2/h7,10,15-16,18-19,23-28,31-34,37-38,73H,4-6,8-9,11-14,17,20-22,29-30,35-36,39-72H2,1-3H3/b10-7-,18-15-,19-16-,26-23-,27-24-,28-25-,33-31-,34-32-,38-37-. The van der Waals surface area contributed by atoms with Gasteiger partial charge in [0.2, 0.25) is 0 Å². The van der Waals surface area contributed by atoms with E-state index in [4.69, 9.17) is 14.2 Å². The predicted octanol–water partition coefficient (Wildman–Crippen LogP) is 24.2. The summed E-state index contributed by atoms with van der Waals surface area (Å²) in [6.07, 6.45) is 95.3. The largest absolute Gasteiger partial charge is 0.462 e. The molecule has 0 aliphatic heterocycles. The summed E-state index contributed by atoms with van der Waals surface area (Å²) in [5.41, 5.74) is 0. The van der Waals surface area contributed by atoms with Gasteiger partial charge < -0.3 is 14.2 Å². The van der Waals surface area contributed by atoms with Gasteiger partial charge in [-0.2, -0.15) is 0 Å². The molecule has 0 saturated heterocycles. The summed E-state index contributed by atoms with van der Waals surface area (Å²) < 4.78 is 17.0. The van der Waals surface area contributed by atoms with Crippen LogP contribution >= 0.6 is 0 Å². The molecule has 1 unspecified atom stereocenters. The first-order valence-electron chi connectivity index (χ1n) is 34.9. The van der Waals surface area contributed by atoms with Crippen LogP contribution < -0.4 is 0 Å². The van der Waals surface area contributed by atoms with Gasteiger partial charge in [0.15, 0.2) is 6.10 Å². The number of hydrogen-bond donors (Lipinski definition) is 0. The lowest BCUT2D eigenvalue weighted by Gasteiger charge is -2.18. The Morgan fingerprint density at radius 1 is 0.256 bits per heavy atom. The summed E-state index contributed by atoms with van der Waals surface area (Å²) >= 11 is 0. The maximum Gasteiger partial charge on any atom is 0.306 e. The minimum Gasteiger partial charge on any atom is -0.462 e. The van der Waals surface area contributed by atoms with Gasteiger partial charge in [-0.15, -0.1) is 0 Å². The molecule has 1 atom stereocenters. The van der Waals surface area contributed by atoms with Crippen molar-refractivity contribution >= 4 is 17.9 Å². The molecule has 82 heavy (non-hydrogen) atoms. The van der Waals surface area contributed by atoms with Crippen LogP contribution in [-0.4, -0.2) is 37.2 Å². The van der Waals surface area contributed by atoms with E-state index in [0.717, 1.165) is 122 Å². The molecule has 0 amide bonds. The van der Waals surface area contributed by atoms with E-state index in [0.29, 0.717) is 19.3 Å². The summed E-state index contributed by atoms with van der Waals surface area (Å²) in [5, 5.41) is 0. The summed E-state index contributed by atoms with van der Waals surface area (Å²) in [7, 11) is 0. The van der Waals surface area contributed by atoms with Gasteiger partial charge in [0, 0.05) is 19.3 Å². The molecule has 0 aromatic rings. The second kappa shape index (κ2) is 69.6. The summed E-state index contributed by atoms with van der Waals surface area (Å²) in [6.45, 7) is 6.49. The Balaban J connectivity index is 4.32. The van der Waals surface area contributed by atoms with Crippen LogP contribution in [0.15, 0.2) is 109 Å². The number of carbonyl (C=O) groups is 3. The van der Waals surface area contributed by atoms with Crippen LogP contribution in [0.3, 0.4) is 0 Å². The van der Waals surface area contributed by atoms with Crippen molar-refractivity contribution in [2.45, 2.75) is 341 Å². The number of unbranched alkanes of at least 4 members (excludes halogenated alkanes) is 34. The molecule has 470 valence electrons. The second-order valence-corrected chi connectivity index (χ2v) is 23.1. The molecule has 0 aromatic carbocycles. The molecule has 0 aromatic heterocycles. The third-order valence-corrected chi connectivity index (χ3v) is 15.0. The van der Waals surface area contributed by atoms with E-state index in [9.17, 15) is 14.4 Å². The Labute approximate surface area is 508 Å². The maximum atomic E-state index is 13.0. The van der Waals surface area contributed by atoms with Crippen molar-refractivity contribution in [1.29, 1.82) is 0 Å². The average Bonchev–Trinajstić information content (AvgIpc) is 3.48. The molecule has 0 radical (unpaired) electrons. The highest BCUT2D eigenvalue weighted by atomic mass is 16.6. The van der Waals surface area contributed by atoms with Crippen LogP contribution in [0.25, 0.3) is 0 Å². The third-order valence-electron chi connectivity index (χ3n) is 15.0. The van der Waals surface area contributed by atoms with Crippen LogP contribution in [0.2, 0.25) is 0 Å². The lowest BCUT2D eigenvalue weighted by Crippen LogP contribution is -2.30. The minimum atomic E-state index is -0.789. The van der Waals surface area contributed by atoms with Gasteiger partial charge >= 0.3 is 17.9 Å². The molecular formula is C76H130O6. The average molecular weight is 1140 g/mol. The fourth-order valence-corrected chi connectivity index (χ4v) is 9.75. The van der Waals surface area contributed by atoms with Crippen molar-refractivity contribution in [2.75, 3.05) is 13.2 Å². The predicted molar refractivity (Wildman–Crippen MR) is 357 cm³/mol. The number of carbonyl (C=O) groups excluding carboxylic acids is 3. The zero-order chi connectivity index (χ0) is 59.2. The highest BCUT2D eigenvalue weighted by Crippen LogP contribution is 2.17. The lowest BCUT2D eigenvalue weighted by atomic mass is 10.0. The van der Waals surface area contributed by atoms with Crippen LogP contribution in [-0.2, 0) is 28.6 Å². The van der Waals surface area contributed by atoms with Gasteiger partial charge in [-0.3, -0.25) is 14.4 Å². The second-order valence-electron chi connectivity index (χ2n) is 23.1. The van der Waals surface area contributed by atoms with Crippen molar-refractivity contribution < 1.29 is 28.6 Å². The Bertz CT molecular complexity index is 1640. The molecule has 0 heterocycles. The maximum absolute atomic E-state index is 13.0. The monoisotopic (exact) mass is 1140 g/mol. The van der Waals surface area contributed by atoms with E-state index in [1.807, 2.05) is 0 Å². The fraction of sp³-hybridized carbons (Fsp3) is 0.724. The SMILES string of the molecule is CC/C=C\C/C=C\C/C=C\C/C=C\C/C=C\CCCCCCCCCCCCCC(=O)OCC(COC(=O)CCCCCCC/C=C\C/C=C\CCCC)OC(=O)CCCCCCCCCCCCC/C=C\C/C=C\CCCCCCC. The van der Waals surface area contributed by atoms with Gasteiger partial charge in [0.05, 0.1) is 0 Å². The normalized spacial score (nSPS) is 12.8.